The lowest BCUT2D eigenvalue weighted by atomic mass is 10.3. The average molecular weight is 227 g/mol. The number of hydrogen-bond acceptors (Lipinski definition) is 5. The fourth-order valence-electron chi connectivity index (χ4n) is 1.58. The van der Waals surface area contributed by atoms with Gasteiger partial charge in [-0.3, -0.25) is 4.90 Å². The van der Waals surface area contributed by atoms with Gasteiger partial charge >= 0.3 is 5.97 Å². The van der Waals surface area contributed by atoms with E-state index >= 15 is 0 Å². The lowest BCUT2D eigenvalue weighted by Crippen LogP contribution is -2.42. The van der Waals surface area contributed by atoms with Crippen LogP contribution in [0.4, 0.5) is 0 Å². The van der Waals surface area contributed by atoms with Crippen LogP contribution < -0.4 is 5.32 Å². The zero-order valence-electron chi connectivity index (χ0n) is 8.27. The normalized spacial score (nSPS) is 17.9. The number of rotatable bonds is 3. The highest BCUT2D eigenvalue weighted by Gasteiger charge is 2.13. The van der Waals surface area contributed by atoms with Crippen LogP contribution in [0, 0.1) is 0 Å². The van der Waals surface area contributed by atoms with Gasteiger partial charge in [-0.25, -0.2) is 4.79 Å². The summed E-state index contributed by atoms with van der Waals surface area (Å²) in [6, 6.07) is 1.66. The first-order valence-electron chi connectivity index (χ1n) is 4.87. The Bertz CT molecular complexity index is 347. The number of nitrogens with zero attached hydrogens (tertiary/aromatic N) is 2. The van der Waals surface area contributed by atoms with Crippen LogP contribution in [-0.4, -0.2) is 46.5 Å². The maximum Gasteiger partial charge on any atom is 0.355 e. The summed E-state index contributed by atoms with van der Waals surface area (Å²) in [7, 11) is 0. The molecule has 0 aliphatic carbocycles. The molecule has 0 aromatic carbocycles. The zero-order valence-corrected chi connectivity index (χ0v) is 9.09. The van der Waals surface area contributed by atoms with E-state index in [4.69, 9.17) is 5.11 Å². The molecular weight excluding hydrogens is 214 g/mol. The second-order valence-corrected chi connectivity index (χ2v) is 4.40. The summed E-state index contributed by atoms with van der Waals surface area (Å²) in [6.07, 6.45) is 0. The second-order valence-electron chi connectivity index (χ2n) is 3.51. The van der Waals surface area contributed by atoms with Gasteiger partial charge in [-0.15, -0.1) is 0 Å². The average Bonchev–Trinajstić information content (AvgIpc) is 2.68. The number of nitrogens with one attached hydrogen (secondary N) is 1. The van der Waals surface area contributed by atoms with Crippen LogP contribution in [0.25, 0.3) is 0 Å². The predicted octanol–water partition coefficient (Wildman–Crippen LogP) is 0.246. The molecule has 5 nitrogen and oxygen atoms in total. The number of aromatic carboxylic acids is 1. The summed E-state index contributed by atoms with van der Waals surface area (Å²) < 4.78 is 3.88. The molecule has 0 unspecified atom stereocenters. The summed E-state index contributed by atoms with van der Waals surface area (Å²) in [5.74, 6) is -0.946. The molecule has 0 bridgehead atoms. The molecule has 1 saturated heterocycles. The fourth-order valence-corrected chi connectivity index (χ4v) is 2.33. The van der Waals surface area contributed by atoms with E-state index in [1.165, 1.54) is 11.5 Å². The molecule has 6 heteroatoms. The van der Waals surface area contributed by atoms with Gasteiger partial charge in [-0.05, 0) is 17.6 Å². The highest BCUT2D eigenvalue weighted by Crippen LogP contribution is 2.13. The van der Waals surface area contributed by atoms with Crippen molar-refractivity contribution in [3.8, 4) is 0 Å². The van der Waals surface area contributed by atoms with Gasteiger partial charge in [0.25, 0.3) is 0 Å². The number of carboxylic acids is 1. The second kappa shape index (κ2) is 4.69. The molecule has 0 atom stereocenters. The third-order valence-corrected chi connectivity index (χ3v) is 3.14. The predicted molar refractivity (Wildman–Crippen MR) is 57.2 cm³/mol. The number of piperazine rings is 1. The Hall–Kier alpha value is -0.980. The Kier molecular flexibility index (Phi) is 3.30. The van der Waals surface area contributed by atoms with Crippen molar-refractivity contribution in [2.45, 2.75) is 6.54 Å². The van der Waals surface area contributed by atoms with Gasteiger partial charge in [0.15, 0.2) is 5.69 Å². The maximum absolute atomic E-state index is 10.6. The Morgan fingerprint density at radius 3 is 2.93 bits per heavy atom. The summed E-state index contributed by atoms with van der Waals surface area (Å²) in [6.45, 7) is 4.85. The Morgan fingerprint density at radius 1 is 1.60 bits per heavy atom. The largest absolute Gasteiger partial charge is 0.476 e. The van der Waals surface area contributed by atoms with E-state index in [0.717, 1.165) is 37.6 Å². The van der Waals surface area contributed by atoms with Gasteiger partial charge in [0.2, 0.25) is 0 Å². The summed E-state index contributed by atoms with van der Waals surface area (Å²) >= 11 is 1.28. The molecule has 2 rings (SSSR count). The molecular formula is C9H13N3O2S. The minimum absolute atomic E-state index is 0.158. The first-order valence-corrected chi connectivity index (χ1v) is 5.65. The molecule has 2 heterocycles. The lowest BCUT2D eigenvalue weighted by molar-refractivity contribution is 0.0691. The van der Waals surface area contributed by atoms with Gasteiger partial charge in [0.05, 0.1) is 0 Å². The molecule has 0 saturated carbocycles. The molecule has 0 amide bonds. The van der Waals surface area contributed by atoms with Crippen molar-refractivity contribution < 1.29 is 9.90 Å². The van der Waals surface area contributed by atoms with Gasteiger partial charge in [-0.2, -0.15) is 4.37 Å². The Morgan fingerprint density at radius 2 is 2.33 bits per heavy atom. The molecule has 1 fully saturated rings. The quantitative estimate of drug-likeness (QED) is 0.774. The van der Waals surface area contributed by atoms with E-state index in [1.54, 1.807) is 6.07 Å². The van der Waals surface area contributed by atoms with Crippen molar-refractivity contribution in [2.24, 2.45) is 0 Å². The van der Waals surface area contributed by atoms with Gasteiger partial charge in [-0.1, -0.05) is 0 Å². The minimum Gasteiger partial charge on any atom is -0.476 e. The number of carboxylic acid groups (broad SMARTS) is 1. The Balaban J connectivity index is 1.94. The number of hydrogen-bond donors (Lipinski definition) is 2. The molecule has 2 N–H and O–H groups in total. The molecule has 1 aliphatic heterocycles. The highest BCUT2D eigenvalue weighted by molar-refractivity contribution is 7.05. The van der Waals surface area contributed by atoms with Crippen molar-refractivity contribution in [2.75, 3.05) is 26.2 Å². The molecule has 1 aromatic rings. The number of aromatic nitrogens is 1. The molecule has 1 aromatic heterocycles. The molecule has 82 valence electrons. The summed E-state index contributed by atoms with van der Waals surface area (Å²) in [5, 5.41) is 12.0. The van der Waals surface area contributed by atoms with Crippen LogP contribution >= 0.6 is 11.5 Å². The van der Waals surface area contributed by atoms with E-state index in [1.807, 2.05) is 0 Å². The first kappa shape index (κ1) is 10.5. The SMILES string of the molecule is O=C(O)c1cc(CN2CCNCC2)sn1. The highest BCUT2D eigenvalue weighted by atomic mass is 32.1. The van der Waals surface area contributed by atoms with Crippen LogP contribution in [0.5, 0.6) is 0 Å². The molecule has 1 aliphatic rings. The molecule has 0 radical (unpaired) electrons. The fraction of sp³-hybridized carbons (Fsp3) is 0.556. The Labute approximate surface area is 91.9 Å². The van der Waals surface area contributed by atoms with Gasteiger partial charge < -0.3 is 10.4 Å². The molecule has 15 heavy (non-hydrogen) atoms. The summed E-state index contributed by atoms with van der Waals surface area (Å²) in [4.78, 5) is 14.0. The van der Waals surface area contributed by atoms with Crippen molar-refractivity contribution in [3.63, 3.8) is 0 Å². The standard InChI is InChI=1S/C9H13N3O2S/c13-9(14)8-5-7(15-11-8)6-12-3-1-10-2-4-12/h5,10H,1-4,6H2,(H,13,14). The van der Waals surface area contributed by atoms with E-state index < -0.39 is 5.97 Å². The van der Waals surface area contributed by atoms with E-state index in [-0.39, 0.29) is 5.69 Å². The van der Waals surface area contributed by atoms with Crippen molar-refractivity contribution in [1.82, 2.24) is 14.6 Å². The van der Waals surface area contributed by atoms with Crippen molar-refractivity contribution in [1.29, 1.82) is 0 Å². The molecule has 0 spiro atoms. The lowest BCUT2D eigenvalue weighted by Gasteiger charge is -2.26. The van der Waals surface area contributed by atoms with E-state index in [9.17, 15) is 4.79 Å². The first-order chi connectivity index (χ1) is 7.25. The van der Waals surface area contributed by atoms with Gasteiger partial charge in [0, 0.05) is 37.6 Å². The third kappa shape index (κ3) is 2.74. The maximum atomic E-state index is 10.6. The van der Waals surface area contributed by atoms with E-state index in [2.05, 4.69) is 14.6 Å². The summed E-state index contributed by atoms with van der Waals surface area (Å²) in [5.41, 5.74) is 0.158. The number of carbonyl (C=O) groups is 1. The van der Waals surface area contributed by atoms with Crippen molar-refractivity contribution >= 4 is 17.5 Å². The van der Waals surface area contributed by atoms with Crippen LogP contribution in [0.2, 0.25) is 0 Å². The monoisotopic (exact) mass is 227 g/mol. The van der Waals surface area contributed by atoms with Crippen LogP contribution in [-0.2, 0) is 6.54 Å². The minimum atomic E-state index is -0.946. The van der Waals surface area contributed by atoms with Crippen molar-refractivity contribution in [3.05, 3.63) is 16.6 Å². The van der Waals surface area contributed by atoms with Crippen LogP contribution in [0.3, 0.4) is 0 Å². The zero-order chi connectivity index (χ0) is 10.7. The third-order valence-electron chi connectivity index (χ3n) is 2.37. The van der Waals surface area contributed by atoms with E-state index in [0.29, 0.717) is 0 Å². The smallest absolute Gasteiger partial charge is 0.355 e. The van der Waals surface area contributed by atoms with Crippen LogP contribution in [0.15, 0.2) is 6.07 Å². The van der Waals surface area contributed by atoms with Crippen LogP contribution in [0.1, 0.15) is 15.4 Å². The topological polar surface area (TPSA) is 65.5 Å². The van der Waals surface area contributed by atoms with Gasteiger partial charge in [0.1, 0.15) is 0 Å².